The van der Waals surface area contributed by atoms with Gasteiger partial charge in [0, 0.05) is 10.9 Å². The van der Waals surface area contributed by atoms with E-state index in [1.807, 2.05) is 18.2 Å². The molecule has 146 valence electrons. The summed E-state index contributed by atoms with van der Waals surface area (Å²) < 4.78 is 21.9. The highest BCUT2D eigenvalue weighted by molar-refractivity contribution is 6.04. The Labute approximate surface area is 163 Å². The van der Waals surface area contributed by atoms with E-state index in [2.05, 4.69) is 0 Å². The first-order valence-electron chi connectivity index (χ1n) is 9.13. The molecule has 0 radical (unpaired) electrons. The summed E-state index contributed by atoms with van der Waals surface area (Å²) in [6.07, 6.45) is -0.919. The number of ether oxygens (including phenoxy) is 3. The number of furan rings is 1. The maximum absolute atomic E-state index is 12.4. The second-order valence-electron chi connectivity index (χ2n) is 6.07. The van der Waals surface area contributed by atoms with Gasteiger partial charge in [-0.1, -0.05) is 30.3 Å². The van der Waals surface area contributed by atoms with Crippen LogP contribution in [0, 0.1) is 6.92 Å². The minimum atomic E-state index is -0.919. The zero-order valence-electron chi connectivity index (χ0n) is 16.1. The van der Waals surface area contributed by atoms with Gasteiger partial charge in [0.2, 0.25) is 6.10 Å². The molecule has 3 aromatic rings. The van der Waals surface area contributed by atoms with Gasteiger partial charge in [0.25, 0.3) is 0 Å². The van der Waals surface area contributed by atoms with Crippen molar-refractivity contribution in [1.29, 1.82) is 0 Å². The number of hydrogen-bond donors (Lipinski definition) is 0. The topological polar surface area (TPSA) is 75.0 Å². The van der Waals surface area contributed by atoms with Crippen LogP contribution >= 0.6 is 0 Å². The molecule has 0 aliphatic carbocycles. The molecule has 2 aromatic carbocycles. The summed E-state index contributed by atoms with van der Waals surface area (Å²) in [5.74, 6) is -0.0555. The summed E-state index contributed by atoms with van der Waals surface area (Å²) in [5, 5.41) is 0.573. The average molecular weight is 382 g/mol. The van der Waals surface area contributed by atoms with Crippen molar-refractivity contribution in [2.75, 3.05) is 13.2 Å². The monoisotopic (exact) mass is 382 g/mol. The molecule has 0 aliphatic heterocycles. The van der Waals surface area contributed by atoms with Gasteiger partial charge in [-0.05, 0) is 39.0 Å². The van der Waals surface area contributed by atoms with Gasteiger partial charge in [0.1, 0.15) is 22.7 Å². The van der Waals surface area contributed by atoms with Gasteiger partial charge in [0.15, 0.2) is 0 Å². The predicted molar refractivity (Wildman–Crippen MR) is 103 cm³/mol. The Morgan fingerprint density at radius 1 is 1.00 bits per heavy atom. The van der Waals surface area contributed by atoms with E-state index in [0.717, 1.165) is 0 Å². The molecule has 0 saturated carbocycles. The van der Waals surface area contributed by atoms with E-state index in [1.54, 1.807) is 51.1 Å². The van der Waals surface area contributed by atoms with Gasteiger partial charge >= 0.3 is 11.9 Å². The van der Waals surface area contributed by atoms with Crippen LogP contribution in [0.15, 0.2) is 52.9 Å². The molecule has 0 bridgehead atoms. The van der Waals surface area contributed by atoms with Crippen molar-refractivity contribution in [3.8, 4) is 5.75 Å². The Bertz CT molecular complexity index is 973. The third-order valence-electron chi connectivity index (χ3n) is 4.17. The molecule has 0 amide bonds. The molecule has 1 atom stereocenters. The van der Waals surface area contributed by atoms with Gasteiger partial charge in [0.05, 0.1) is 13.2 Å². The van der Waals surface area contributed by atoms with Crippen LogP contribution in [0.3, 0.4) is 0 Å². The number of carbonyl (C=O) groups is 2. The van der Waals surface area contributed by atoms with Crippen molar-refractivity contribution in [2.24, 2.45) is 0 Å². The van der Waals surface area contributed by atoms with Crippen LogP contribution in [-0.4, -0.2) is 25.2 Å². The van der Waals surface area contributed by atoms with Gasteiger partial charge in [-0.15, -0.1) is 0 Å². The summed E-state index contributed by atoms with van der Waals surface area (Å²) >= 11 is 0. The molecule has 0 unspecified atom stereocenters. The molecule has 1 aromatic heterocycles. The number of benzene rings is 2. The van der Waals surface area contributed by atoms with Crippen LogP contribution in [0.1, 0.15) is 41.6 Å². The van der Waals surface area contributed by atoms with Crippen molar-refractivity contribution < 1.29 is 28.2 Å². The quantitative estimate of drug-likeness (QED) is 0.556. The van der Waals surface area contributed by atoms with Gasteiger partial charge in [-0.2, -0.15) is 0 Å². The Balaban J connectivity index is 1.98. The summed E-state index contributed by atoms with van der Waals surface area (Å²) in [5.41, 5.74) is 1.57. The van der Waals surface area contributed by atoms with Crippen molar-refractivity contribution >= 4 is 22.9 Å². The first-order valence-corrected chi connectivity index (χ1v) is 9.13. The lowest BCUT2D eigenvalue weighted by Crippen LogP contribution is -2.21. The molecule has 3 rings (SSSR count). The predicted octanol–water partition coefficient (Wildman–Crippen LogP) is 4.60. The SMILES string of the molecule is CCOC(=O)c1c(C)oc2ccc(O[C@H](C(=O)OCC)c3ccccc3)cc12. The number of rotatable bonds is 7. The Hall–Kier alpha value is -3.28. The second kappa shape index (κ2) is 8.61. The smallest absolute Gasteiger partial charge is 0.352 e. The highest BCUT2D eigenvalue weighted by Gasteiger charge is 2.25. The van der Waals surface area contributed by atoms with Crippen molar-refractivity contribution in [3.63, 3.8) is 0 Å². The van der Waals surface area contributed by atoms with Gasteiger partial charge in [-0.25, -0.2) is 9.59 Å². The number of esters is 2. The Morgan fingerprint density at radius 3 is 2.39 bits per heavy atom. The minimum Gasteiger partial charge on any atom is -0.474 e. The third kappa shape index (κ3) is 4.01. The molecule has 0 spiro atoms. The summed E-state index contributed by atoms with van der Waals surface area (Å²) in [4.78, 5) is 24.7. The normalized spacial score (nSPS) is 11.8. The lowest BCUT2D eigenvalue weighted by Gasteiger charge is -2.18. The first-order chi connectivity index (χ1) is 13.5. The van der Waals surface area contributed by atoms with E-state index in [0.29, 0.717) is 33.6 Å². The standard InChI is InChI=1S/C22H22O6/c1-4-25-21(23)19-14(3)27-18-12-11-16(13-17(18)19)28-20(22(24)26-5-2)15-9-7-6-8-10-15/h6-13,20H,4-5H2,1-3H3/t20-/m0/s1. The molecule has 6 heteroatoms. The molecule has 0 aliphatic rings. The van der Waals surface area contributed by atoms with Crippen LogP contribution in [0.4, 0.5) is 0 Å². The van der Waals surface area contributed by atoms with Crippen LogP contribution in [0.5, 0.6) is 5.75 Å². The molecule has 6 nitrogen and oxygen atoms in total. The fourth-order valence-electron chi connectivity index (χ4n) is 2.96. The highest BCUT2D eigenvalue weighted by Crippen LogP contribution is 2.32. The molecule has 0 fully saturated rings. The molecular weight excluding hydrogens is 360 g/mol. The van der Waals surface area contributed by atoms with Gasteiger partial charge in [-0.3, -0.25) is 0 Å². The average Bonchev–Trinajstić information content (AvgIpc) is 3.02. The fraction of sp³-hybridized carbons (Fsp3) is 0.273. The van der Waals surface area contributed by atoms with E-state index in [4.69, 9.17) is 18.6 Å². The maximum Gasteiger partial charge on any atom is 0.352 e. The van der Waals surface area contributed by atoms with E-state index in [9.17, 15) is 9.59 Å². The fourth-order valence-corrected chi connectivity index (χ4v) is 2.96. The van der Waals surface area contributed by atoms with Crippen molar-refractivity contribution in [1.82, 2.24) is 0 Å². The van der Waals surface area contributed by atoms with Crippen molar-refractivity contribution in [2.45, 2.75) is 26.9 Å². The van der Waals surface area contributed by atoms with E-state index in [-0.39, 0.29) is 13.2 Å². The number of carbonyl (C=O) groups excluding carboxylic acids is 2. The van der Waals surface area contributed by atoms with E-state index >= 15 is 0 Å². The number of fused-ring (bicyclic) bond motifs is 1. The maximum atomic E-state index is 12.4. The zero-order chi connectivity index (χ0) is 20.1. The Kier molecular flexibility index (Phi) is 5.99. The number of hydrogen-bond acceptors (Lipinski definition) is 6. The summed E-state index contributed by atoms with van der Waals surface area (Å²) in [6.45, 7) is 5.70. The van der Waals surface area contributed by atoms with Crippen LogP contribution in [0.2, 0.25) is 0 Å². The minimum absolute atomic E-state index is 0.249. The van der Waals surface area contributed by atoms with Crippen LogP contribution in [-0.2, 0) is 14.3 Å². The summed E-state index contributed by atoms with van der Waals surface area (Å²) in [6, 6.07) is 14.2. The second-order valence-corrected chi connectivity index (χ2v) is 6.07. The molecule has 28 heavy (non-hydrogen) atoms. The van der Waals surface area contributed by atoms with Crippen LogP contribution < -0.4 is 4.74 Å². The lowest BCUT2D eigenvalue weighted by molar-refractivity contribution is -0.151. The summed E-state index contributed by atoms with van der Waals surface area (Å²) in [7, 11) is 0. The molecule has 0 N–H and O–H groups in total. The largest absolute Gasteiger partial charge is 0.474 e. The van der Waals surface area contributed by atoms with Crippen molar-refractivity contribution in [3.05, 3.63) is 65.4 Å². The Morgan fingerprint density at radius 2 is 1.71 bits per heavy atom. The first kappa shape index (κ1) is 19.5. The van der Waals surface area contributed by atoms with E-state index in [1.165, 1.54) is 0 Å². The van der Waals surface area contributed by atoms with E-state index < -0.39 is 18.0 Å². The molecule has 1 heterocycles. The lowest BCUT2D eigenvalue weighted by atomic mass is 10.1. The molecular formula is C22H22O6. The van der Waals surface area contributed by atoms with Gasteiger partial charge < -0.3 is 18.6 Å². The zero-order valence-corrected chi connectivity index (χ0v) is 16.1. The van der Waals surface area contributed by atoms with Crippen LogP contribution in [0.25, 0.3) is 11.0 Å². The molecule has 0 saturated heterocycles. The highest BCUT2D eigenvalue weighted by atomic mass is 16.6. The number of aryl methyl sites for hydroxylation is 1. The third-order valence-corrected chi connectivity index (χ3v) is 4.17.